The van der Waals surface area contributed by atoms with E-state index in [4.69, 9.17) is 5.73 Å². The molecule has 37 heavy (non-hydrogen) atoms. The fourth-order valence-electron chi connectivity index (χ4n) is 4.62. The van der Waals surface area contributed by atoms with Crippen LogP contribution in [-0.2, 0) is 22.7 Å². The van der Waals surface area contributed by atoms with Gasteiger partial charge in [-0.05, 0) is 41.4 Å². The summed E-state index contributed by atoms with van der Waals surface area (Å²) in [7, 11) is 0.886. The molecule has 1 radical (unpaired) electrons. The van der Waals surface area contributed by atoms with Crippen LogP contribution >= 0.6 is 0 Å². The SMILES string of the molecule is C=Cc1ccc(C(C)(N)[B]c2cc(C(F)(F)F)c(C3(CC)CC3)c(C(F)(C(F)(F)F)C(F)(F)F)c2)cc1. The third-order valence-electron chi connectivity index (χ3n) is 6.91. The highest BCUT2D eigenvalue weighted by Crippen LogP contribution is 2.61. The second kappa shape index (κ2) is 9.06. The van der Waals surface area contributed by atoms with E-state index in [0.717, 1.165) is 7.28 Å². The third-order valence-corrected chi connectivity index (χ3v) is 6.91. The van der Waals surface area contributed by atoms with Crippen molar-refractivity contribution in [1.29, 1.82) is 0 Å². The maximum absolute atomic E-state index is 15.4. The zero-order valence-corrected chi connectivity index (χ0v) is 19.8. The highest BCUT2D eigenvalue weighted by Gasteiger charge is 2.75. The normalized spacial score (nSPS) is 17.8. The Morgan fingerprint density at radius 3 is 1.76 bits per heavy atom. The van der Waals surface area contributed by atoms with Gasteiger partial charge in [-0.3, -0.25) is 0 Å². The van der Waals surface area contributed by atoms with Crippen molar-refractivity contribution < 1.29 is 43.9 Å². The van der Waals surface area contributed by atoms with E-state index in [0.29, 0.717) is 17.2 Å². The number of rotatable bonds is 7. The van der Waals surface area contributed by atoms with Crippen molar-refractivity contribution in [3.63, 3.8) is 0 Å². The Morgan fingerprint density at radius 1 is 0.892 bits per heavy atom. The molecule has 0 aliphatic heterocycles. The average Bonchev–Trinajstić information content (AvgIpc) is 3.56. The molecule has 1 fully saturated rings. The molecule has 201 valence electrons. The molecule has 1 nitrogen and oxygen atoms in total. The summed E-state index contributed by atoms with van der Waals surface area (Å²) in [6.45, 7) is 6.21. The van der Waals surface area contributed by atoms with Gasteiger partial charge in [-0.15, -0.1) is 0 Å². The molecule has 0 bridgehead atoms. The lowest BCUT2D eigenvalue weighted by atomic mass is 9.51. The minimum atomic E-state index is -6.59. The topological polar surface area (TPSA) is 26.0 Å². The van der Waals surface area contributed by atoms with Gasteiger partial charge in [-0.25, -0.2) is 4.39 Å². The average molecular weight is 538 g/mol. The molecule has 1 atom stereocenters. The zero-order valence-electron chi connectivity index (χ0n) is 19.8. The number of benzene rings is 2. The molecule has 0 aromatic heterocycles. The second-order valence-corrected chi connectivity index (χ2v) is 9.53. The first-order valence-corrected chi connectivity index (χ1v) is 11.2. The van der Waals surface area contributed by atoms with Crippen molar-refractivity contribution in [1.82, 2.24) is 0 Å². The van der Waals surface area contributed by atoms with E-state index in [1.165, 1.54) is 32.1 Å². The van der Waals surface area contributed by atoms with Gasteiger partial charge in [-0.1, -0.05) is 68.4 Å². The zero-order chi connectivity index (χ0) is 28.2. The van der Waals surface area contributed by atoms with Gasteiger partial charge < -0.3 is 5.73 Å². The van der Waals surface area contributed by atoms with Gasteiger partial charge in [0.1, 0.15) is 0 Å². The van der Waals surface area contributed by atoms with Gasteiger partial charge >= 0.3 is 24.2 Å². The highest BCUT2D eigenvalue weighted by atomic mass is 19.4. The molecule has 1 unspecified atom stereocenters. The Bertz CT molecular complexity index is 1140. The summed E-state index contributed by atoms with van der Waals surface area (Å²) < 4.78 is 141. The number of nitrogens with two attached hydrogens (primary N) is 1. The predicted molar refractivity (Wildman–Crippen MR) is 121 cm³/mol. The van der Waals surface area contributed by atoms with Crippen LogP contribution in [0.15, 0.2) is 43.0 Å². The Morgan fingerprint density at radius 2 is 1.38 bits per heavy atom. The molecule has 0 saturated heterocycles. The fourth-order valence-corrected chi connectivity index (χ4v) is 4.62. The Kier molecular flexibility index (Phi) is 7.12. The molecule has 0 amide bonds. The molecule has 12 heteroatoms. The fraction of sp³-hybridized carbons (Fsp3) is 0.440. The molecule has 3 rings (SSSR count). The summed E-state index contributed by atoms with van der Waals surface area (Å²) in [5.74, 6) is 0. The van der Waals surface area contributed by atoms with Crippen LogP contribution in [-0.4, -0.2) is 19.6 Å². The first-order chi connectivity index (χ1) is 16.7. The monoisotopic (exact) mass is 538 g/mol. The van der Waals surface area contributed by atoms with Crippen LogP contribution in [0.4, 0.5) is 43.9 Å². The molecular formula is C25H23BF10N. The van der Waals surface area contributed by atoms with E-state index >= 15 is 4.39 Å². The first-order valence-electron chi connectivity index (χ1n) is 11.2. The van der Waals surface area contributed by atoms with E-state index in [-0.39, 0.29) is 25.3 Å². The van der Waals surface area contributed by atoms with Gasteiger partial charge in [0, 0.05) is 11.0 Å². The van der Waals surface area contributed by atoms with Crippen LogP contribution in [0.5, 0.6) is 0 Å². The Hall–Kier alpha value is -2.50. The quantitative estimate of drug-likeness (QED) is 0.292. The lowest BCUT2D eigenvalue weighted by Gasteiger charge is -2.36. The molecule has 1 saturated carbocycles. The van der Waals surface area contributed by atoms with Crippen LogP contribution in [0.1, 0.15) is 60.9 Å². The molecule has 2 aromatic rings. The molecule has 1 aliphatic carbocycles. The first kappa shape index (κ1) is 29.1. The number of hydrogen-bond acceptors (Lipinski definition) is 1. The van der Waals surface area contributed by atoms with Gasteiger partial charge in [-0.2, -0.15) is 39.5 Å². The summed E-state index contributed by atoms with van der Waals surface area (Å²) >= 11 is 0. The van der Waals surface area contributed by atoms with Crippen LogP contribution in [0, 0.1) is 0 Å². The van der Waals surface area contributed by atoms with E-state index in [1.807, 2.05) is 0 Å². The van der Waals surface area contributed by atoms with E-state index < -0.39 is 57.2 Å². The van der Waals surface area contributed by atoms with Crippen molar-refractivity contribution in [2.24, 2.45) is 5.73 Å². The van der Waals surface area contributed by atoms with Crippen molar-refractivity contribution in [2.75, 3.05) is 0 Å². The maximum Gasteiger partial charge on any atom is 0.435 e. The third kappa shape index (κ3) is 5.13. The van der Waals surface area contributed by atoms with Gasteiger partial charge in [0.25, 0.3) is 0 Å². The van der Waals surface area contributed by atoms with Crippen molar-refractivity contribution in [3.05, 3.63) is 70.8 Å². The Balaban J connectivity index is 2.34. The summed E-state index contributed by atoms with van der Waals surface area (Å²) in [6, 6.07) is 6.72. The second-order valence-electron chi connectivity index (χ2n) is 9.53. The molecule has 1 aliphatic rings. The predicted octanol–water partition coefficient (Wildman–Crippen LogP) is 7.24. The van der Waals surface area contributed by atoms with Crippen LogP contribution in [0.3, 0.4) is 0 Å². The molecule has 2 aromatic carbocycles. The summed E-state index contributed by atoms with van der Waals surface area (Å²) in [5.41, 5.74) is -8.07. The van der Waals surface area contributed by atoms with Gasteiger partial charge in [0.2, 0.25) is 0 Å². The van der Waals surface area contributed by atoms with Crippen LogP contribution < -0.4 is 11.2 Å². The van der Waals surface area contributed by atoms with E-state index in [2.05, 4.69) is 6.58 Å². The van der Waals surface area contributed by atoms with Crippen molar-refractivity contribution in [2.45, 2.75) is 68.2 Å². The largest absolute Gasteiger partial charge is 0.435 e. The number of hydrogen-bond donors (Lipinski definition) is 1. The number of halogens is 10. The summed E-state index contributed by atoms with van der Waals surface area (Å²) in [5, 5.41) is 0. The molecule has 0 spiro atoms. The van der Waals surface area contributed by atoms with Crippen molar-refractivity contribution in [3.8, 4) is 0 Å². The van der Waals surface area contributed by atoms with Gasteiger partial charge in [0.15, 0.2) is 7.28 Å². The summed E-state index contributed by atoms with van der Waals surface area (Å²) in [6.07, 6.45) is -17.5. The lowest BCUT2D eigenvalue weighted by Crippen LogP contribution is -2.52. The highest BCUT2D eigenvalue weighted by molar-refractivity contribution is 6.56. The van der Waals surface area contributed by atoms with Crippen LogP contribution in [0.2, 0.25) is 0 Å². The summed E-state index contributed by atoms with van der Waals surface area (Å²) in [4.78, 5) is 0. The standard InChI is InChI=1S/C25H23BF10N/c1-4-14-6-8-15(9-7-14)20(3,37)26-16-12-17(22(27,24(31,32)33)25(34,35)36)19(21(5-2)10-11-21)18(13-16)23(28,29)30/h4,6-9,12-13H,1,5,10-11,37H2,2-3H3. The Labute approximate surface area is 208 Å². The van der Waals surface area contributed by atoms with E-state index in [9.17, 15) is 39.5 Å². The lowest BCUT2D eigenvalue weighted by molar-refractivity contribution is -0.349. The van der Waals surface area contributed by atoms with E-state index in [1.54, 1.807) is 12.1 Å². The maximum atomic E-state index is 15.4. The van der Waals surface area contributed by atoms with Gasteiger partial charge in [0.05, 0.1) is 5.56 Å². The molecule has 2 N–H and O–H groups in total. The minimum absolute atomic E-state index is 0.112. The van der Waals surface area contributed by atoms with Crippen molar-refractivity contribution >= 4 is 18.8 Å². The minimum Gasteiger partial charge on any atom is -0.328 e. The van der Waals surface area contributed by atoms with Crippen LogP contribution in [0.25, 0.3) is 6.08 Å². The molecule has 0 heterocycles. The smallest absolute Gasteiger partial charge is 0.328 e. The number of alkyl halides is 10. The molecular weight excluding hydrogens is 515 g/mol.